The zero-order chi connectivity index (χ0) is 16.9. The van der Waals surface area contributed by atoms with E-state index >= 15 is 0 Å². The van der Waals surface area contributed by atoms with Crippen LogP contribution in [0.15, 0.2) is 72.8 Å². The Balaban J connectivity index is 1.28. The van der Waals surface area contributed by atoms with Crippen molar-refractivity contribution in [1.29, 1.82) is 0 Å². The number of ether oxygens (including phenoxy) is 2. The standard InChI is InChI=1S/C23H26O2/c1-3-7-18(8-4-1)14-24-16-22-20-11-12-21(13-20)23(22)17-25-15-19-9-5-2-6-10-19/h1-12,20-23H,13-17H2/t20-,21+,22-,23+. The summed E-state index contributed by atoms with van der Waals surface area (Å²) in [6.07, 6.45) is 6.07. The molecule has 0 aromatic heterocycles. The van der Waals surface area contributed by atoms with Crippen molar-refractivity contribution in [2.24, 2.45) is 23.7 Å². The fourth-order valence-corrected chi connectivity index (χ4v) is 4.30. The van der Waals surface area contributed by atoms with Crippen molar-refractivity contribution in [3.8, 4) is 0 Å². The highest BCUT2D eigenvalue weighted by Crippen LogP contribution is 2.48. The van der Waals surface area contributed by atoms with Gasteiger partial charge in [0.15, 0.2) is 0 Å². The molecule has 4 rings (SSSR count). The van der Waals surface area contributed by atoms with Crippen LogP contribution in [0, 0.1) is 23.7 Å². The average Bonchev–Trinajstić information content (AvgIpc) is 3.26. The van der Waals surface area contributed by atoms with Crippen molar-refractivity contribution in [2.45, 2.75) is 19.6 Å². The van der Waals surface area contributed by atoms with Gasteiger partial charge < -0.3 is 9.47 Å². The SMILES string of the molecule is C1=C[C@H]2C[C@@H]1[C@@H](COCc1ccccc1)[C@H]2COCc1ccccc1. The van der Waals surface area contributed by atoms with Crippen LogP contribution in [0.25, 0.3) is 0 Å². The Labute approximate surface area is 150 Å². The Morgan fingerprint density at radius 3 is 1.52 bits per heavy atom. The molecule has 25 heavy (non-hydrogen) atoms. The summed E-state index contributed by atoms with van der Waals surface area (Å²) in [6.45, 7) is 3.07. The molecular weight excluding hydrogens is 308 g/mol. The van der Waals surface area contributed by atoms with Crippen molar-refractivity contribution in [3.05, 3.63) is 83.9 Å². The third kappa shape index (κ3) is 4.02. The zero-order valence-corrected chi connectivity index (χ0v) is 14.6. The predicted octanol–water partition coefficient (Wildman–Crippen LogP) is 4.86. The van der Waals surface area contributed by atoms with Gasteiger partial charge in [-0.25, -0.2) is 0 Å². The molecule has 2 heteroatoms. The summed E-state index contributed by atoms with van der Waals surface area (Å²) in [5, 5.41) is 0. The van der Waals surface area contributed by atoms with Crippen LogP contribution < -0.4 is 0 Å². The van der Waals surface area contributed by atoms with Gasteiger partial charge >= 0.3 is 0 Å². The second-order valence-corrected chi connectivity index (χ2v) is 7.28. The molecule has 130 valence electrons. The van der Waals surface area contributed by atoms with Gasteiger partial charge in [-0.2, -0.15) is 0 Å². The molecule has 0 N–H and O–H groups in total. The van der Waals surface area contributed by atoms with Gasteiger partial charge in [0.05, 0.1) is 26.4 Å². The van der Waals surface area contributed by atoms with Gasteiger partial charge in [-0.15, -0.1) is 0 Å². The molecule has 0 saturated heterocycles. The number of hydrogen-bond acceptors (Lipinski definition) is 2. The maximum absolute atomic E-state index is 6.06. The number of fused-ring (bicyclic) bond motifs is 2. The van der Waals surface area contributed by atoms with Crippen molar-refractivity contribution >= 4 is 0 Å². The number of benzene rings is 2. The summed E-state index contributed by atoms with van der Waals surface area (Å²) in [6, 6.07) is 20.9. The van der Waals surface area contributed by atoms with E-state index in [1.807, 2.05) is 12.1 Å². The van der Waals surface area contributed by atoms with Crippen LogP contribution in [0.2, 0.25) is 0 Å². The summed E-state index contributed by atoms with van der Waals surface area (Å²) >= 11 is 0. The Morgan fingerprint density at radius 1 is 0.640 bits per heavy atom. The van der Waals surface area contributed by atoms with Crippen molar-refractivity contribution in [3.63, 3.8) is 0 Å². The van der Waals surface area contributed by atoms with Gasteiger partial charge in [-0.05, 0) is 41.2 Å². The van der Waals surface area contributed by atoms with Crippen LogP contribution in [0.5, 0.6) is 0 Å². The molecule has 0 radical (unpaired) electrons. The van der Waals surface area contributed by atoms with E-state index in [0.717, 1.165) is 13.2 Å². The summed E-state index contributed by atoms with van der Waals surface area (Å²) in [7, 11) is 0. The molecule has 0 unspecified atom stereocenters. The second kappa shape index (κ2) is 7.99. The lowest BCUT2D eigenvalue weighted by molar-refractivity contribution is 0.0176. The predicted molar refractivity (Wildman–Crippen MR) is 99.9 cm³/mol. The molecule has 2 nitrogen and oxygen atoms in total. The Bertz CT molecular complexity index is 620. The quantitative estimate of drug-likeness (QED) is 0.642. The van der Waals surface area contributed by atoms with E-state index in [1.165, 1.54) is 17.5 Å². The number of allylic oxidation sites excluding steroid dienone is 2. The molecule has 2 aliphatic rings. The van der Waals surface area contributed by atoms with E-state index in [9.17, 15) is 0 Å². The van der Waals surface area contributed by atoms with Gasteiger partial charge in [0, 0.05) is 0 Å². The Morgan fingerprint density at radius 2 is 1.08 bits per heavy atom. The van der Waals surface area contributed by atoms with Crippen molar-refractivity contribution < 1.29 is 9.47 Å². The minimum Gasteiger partial charge on any atom is -0.376 e. The monoisotopic (exact) mass is 334 g/mol. The van der Waals surface area contributed by atoms with Crippen molar-refractivity contribution in [1.82, 2.24) is 0 Å². The molecule has 2 aromatic carbocycles. The lowest BCUT2D eigenvalue weighted by atomic mass is 9.84. The second-order valence-electron chi connectivity index (χ2n) is 7.28. The molecule has 4 atom stereocenters. The lowest BCUT2D eigenvalue weighted by Gasteiger charge is -2.28. The summed E-state index contributed by atoms with van der Waals surface area (Å²) in [5.74, 6) is 2.53. The first kappa shape index (κ1) is 16.6. The third-order valence-corrected chi connectivity index (χ3v) is 5.64. The zero-order valence-electron chi connectivity index (χ0n) is 14.6. The van der Waals surface area contributed by atoms with Gasteiger partial charge in [0.1, 0.15) is 0 Å². The van der Waals surface area contributed by atoms with E-state index in [4.69, 9.17) is 9.47 Å². The topological polar surface area (TPSA) is 18.5 Å². The molecule has 2 bridgehead atoms. The highest BCUT2D eigenvalue weighted by molar-refractivity contribution is 5.16. The van der Waals surface area contributed by atoms with Crippen LogP contribution in [-0.4, -0.2) is 13.2 Å². The largest absolute Gasteiger partial charge is 0.376 e. The van der Waals surface area contributed by atoms with Crippen LogP contribution in [0.1, 0.15) is 17.5 Å². The van der Waals surface area contributed by atoms with Gasteiger partial charge in [0.25, 0.3) is 0 Å². The summed E-state index contributed by atoms with van der Waals surface area (Å²) in [5.41, 5.74) is 2.50. The molecule has 1 fully saturated rings. The van der Waals surface area contributed by atoms with Crippen molar-refractivity contribution in [2.75, 3.05) is 13.2 Å². The fourth-order valence-electron chi connectivity index (χ4n) is 4.30. The molecule has 0 aliphatic heterocycles. The highest BCUT2D eigenvalue weighted by Gasteiger charge is 2.44. The molecular formula is C23H26O2. The normalized spacial score (nSPS) is 27.0. The van der Waals surface area contributed by atoms with E-state index < -0.39 is 0 Å². The van der Waals surface area contributed by atoms with Gasteiger partial charge in [-0.1, -0.05) is 72.8 Å². The minimum absolute atomic E-state index is 0.592. The molecule has 2 aliphatic carbocycles. The maximum Gasteiger partial charge on any atom is 0.0717 e. The highest BCUT2D eigenvalue weighted by atomic mass is 16.5. The molecule has 0 amide bonds. The van der Waals surface area contributed by atoms with Crippen LogP contribution in [0.4, 0.5) is 0 Å². The van der Waals surface area contributed by atoms with Crippen LogP contribution >= 0.6 is 0 Å². The molecule has 0 heterocycles. The summed E-state index contributed by atoms with van der Waals surface area (Å²) in [4.78, 5) is 0. The van der Waals surface area contributed by atoms with E-state index in [0.29, 0.717) is 36.9 Å². The lowest BCUT2D eigenvalue weighted by Crippen LogP contribution is -2.28. The Kier molecular flexibility index (Phi) is 5.29. The average molecular weight is 334 g/mol. The smallest absolute Gasteiger partial charge is 0.0717 e. The molecule has 0 spiro atoms. The van der Waals surface area contributed by atoms with Crippen LogP contribution in [-0.2, 0) is 22.7 Å². The van der Waals surface area contributed by atoms with Gasteiger partial charge in [-0.3, -0.25) is 0 Å². The first-order valence-corrected chi connectivity index (χ1v) is 9.32. The van der Waals surface area contributed by atoms with Crippen LogP contribution in [0.3, 0.4) is 0 Å². The first-order chi connectivity index (χ1) is 12.4. The third-order valence-electron chi connectivity index (χ3n) is 5.64. The van der Waals surface area contributed by atoms with E-state index in [-0.39, 0.29) is 0 Å². The minimum atomic E-state index is 0.592. The number of rotatable bonds is 8. The molecule has 1 saturated carbocycles. The number of hydrogen-bond donors (Lipinski definition) is 0. The molecule has 2 aromatic rings. The van der Waals surface area contributed by atoms with Gasteiger partial charge in [0.2, 0.25) is 0 Å². The first-order valence-electron chi connectivity index (χ1n) is 9.32. The maximum atomic E-state index is 6.06. The fraction of sp³-hybridized carbons (Fsp3) is 0.391. The van der Waals surface area contributed by atoms with E-state index in [1.54, 1.807) is 0 Å². The van der Waals surface area contributed by atoms with E-state index in [2.05, 4.69) is 60.7 Å². The Hall–Kier alpha value is -1.90. The summed E-state index contributed by atoms with van der Waals surface area (Å²) < 4.78 is 12.1.